The van der Waals surface area contributed by atoms with E-state index in [0.717, 1.165) is 10.7 Å². The van der Waals surface area contributed by atoms with Crippen LogP contribution in [0.1, 0.15) is 80.4 Å². The first kappa shape index (κ1) is 30.1. The average molecular weight is 612 g/mol. The molecule has 0 spiro atoms. The molecule has 1 saturated heterocycles. The van der Waals surface area contributed by atoms with Gasteiger partial charge in [0.05, 0.1) is 17.4 Å². The van der Waals surface area contributed by atoms with Gasteiger partial charge in [-0.15, -0.1) is 5.10 Å². The standard InChI is InChI=1S/C28H33ClF3N5O5/c1-28(27(40)41)9-4-3-6-16(28)26(39)37-11-8-15-17(29)12-18(30)24(22(15)20(37)13-36-10-5-7-21(36)38)42-14-19-23(25(31)32)35(2)34-33-19/h12,16,20,25H,3-11,13-14H2,1-2H3,(H,40,41)/t16?,20-,28?/m1/s1. The maximum absolute atomic E-state index is 15.6. The maximum Gasteiger partial charge on any atom is 0.310 e. The third kappa shape index (κ3) is 5.31. The van der Waals surface area contributed by atoms with Crippen molar-refractivity contribution in [2.75, 3.05) is 19.6 Å². The van der Waals surface area contributed by atoms with Gasteiger partial charge < -0.3 is 19.6 Å². The Bertz CT molecular complexity index is 1400. The van der Waals surface area contributed by atoms with Crippen LogP contribution < -0.4 is 4.74 Å². The van der Waals surface area contributed by atoms with Crippen LogP contribution in [0.25, 0.3) is 0 Å². The first-order valence-corrected chi connectivity index (χ1v) is 14.4. The van der Waals surface area contributed by atoms with Gasteiger partial charge in [0.1, 0.15) is 18.0 Å². The molecule has 228 valence electrons. The smallest absolute Gasteiger partial charge is 0.310 e. The quantitative estimate of drug-likeness (QED) is 0.468. The molecule has 3 aliphatic rings. The molecule has 3 atom stereocenters. The van der Waals surface area contributed by atoms with Gasteiger partial charge in [0.2, 0.25) is 11.8 Å². The number of carboxylic acids is 1. The fraction of sp³-hybridized carbons (Fsp3) is 0.607. The lowest BCUT2D eigenvalue weighted by Crippen LogP contribution is -2.52. The minimum Gasteiger partial charge on any atom is -0.484 e. The van der Waals surface area contributed by atoms with Crippen LogP contribution in [0.2, 0.25) is 5.02 Å². The molecule has 2 fully saturated rings. The van der Waals surface area contributed by atoms with Crippen molar-refractivity contribution in [3.05, 3.63) is 39.4 Å². The van der Waals surface area contributed by atoms with Crippen molar-refractivity contribution in [2.45, 2.75) is 70.9 Å². The van der Waals surface area contributed by atoms with Crippen LogP contribution >= 0.6 is 11.6 Å². The zero-order valence-electron chi connectivity index (χ0n) is 23.4. The summed E-state index contributed by atoms with van der Waals surface area (Å²) in [5.74, 6) is -3.51. The Morgan fingerprint density at radius 3 is 2.67 bits per heavy atom. The zero-order valence-corrected chi connectivity index (χ0v) is 24.2. The number of fused-ring (bicyclic) bond motifs is 1. The van der Waals surface area contributed by atoms with E-state index in [-0.39, 0.29) is 53.4 Å². The second-order valence-electron chi connectivity index (χ2n) is 11.5. The second kappa shape index (κ2) is 11.7. The van der Waals surface area contributed by atoms with E-state index in [1.165, 1.54) is 11.9 Å². The number of carbonyl (C=O) groups is 3. The highest BCUT2D eigenvalue weighted by Crippen LogP contribution is 2.47. The van der Waals surface area contributed by atoms with Gasteiger partial charge in [0, 0.05) is 43.7 Å². The molecule has 0 radical (unpaired) electrons. The molecule has 2 aliphatic heterocycles. The number of carbonyl (C=O) groups excluding carboxylic acids is 2. The number of ether oxygens (including phenoxy) is 1. The van der Waals surface area contributed by atoms with Crippen LogP contribution in [0.3, 0.4) is 0 Å². The molecule has 42 heavy (non-hydrogen) atoms. The van der Waals surface area contributed by atoms with Gasteiger partial charge in [0.25, 0.3) is 6.43 Å². The molecule has 0 bridgehead atoms. The zero-order chi connectivity index (χ0) is 30.3. The Balaban J connectivity index is 1.57. The van der Waals surface area contributed by atoms with Crippen LogP contribution in [0, 0.1) is 17.2 Å². The van der Waals surface area contributed by atoms with Crippen LogP contribution in [-0.4, -0.2) is 67.3 Å². The van der Waals surface area contributed by atoms with Crippen molar-refractivity contribution in [3.63, 3.8) is 0 Å². The topological polar surface area (TPSA) is 118 Å². The van der Waals surface area contributed by atoms with Crippen LogP contribution in [0.15, 0.2) is 6.07 Å². The van der Waals surface area contributed by atoms with Crippen molar-refractivity contribution in [2.24, 2.45) is 18.4 Å². The monoisotopic (exact) mass is 611 g/mol. The fourth-order valence-electron chi connectivity index (χ4n) is 6.62. The minimum atomic E-state index is -2.89. The maximum atomic E-state index is 15.6. The first-order valence-electron chi connectivity index (χ1n) is 14.1. The lowest BCUT2D eigenvalue weighted by molar-refractivity contribution is -0.162. The molecular weight excluding hydrogens is 579 g/mol. The number of hydrogen-bond donors (Lipinski definition) is 1. The number of amides is 2. The number of alkyl halides is 2. The molecule has 2 amide bonds. The molecule has 1 aromatic heterocycles. The van der Waals surface area contributed by atoms with Gasteiger partial charge >= 0.3 is 5.97 Å². The number of nitrogens with zero attached hydrogens (tertiary/aromatic N) is 5. The Morgan fingerprint density at radius 2 is 2.00 bits per heavy atom. The summed E-state index contributed by atoms with van der Waals surface area (Å²) in [5.41, 5.74) is -1.16. The largest absolute Gasteiger partial charge is 0.484 e. The summed E-state index contributed by atoms with van der Waals surface area (Å²) in [6, 6.07) is 0.182. The predicted molar refractivity (Wildman–Crippen MR) is 143 cm³/mol. The van der Waals surface area contributed by atoms with E-state index in [1.54, 1.807) is 11.8 Å². The van der Waals surface area contributed by atoms with Gasteiger partial charge in [-0.25, -0.2) is 17.9 Å². The predicted octanol–water partition coefficient (Wildman–Crippen LogP) is 4.45. The minimum absolute atomic E-state index is 0.0254. The van der Waals surface area contributed by atoms with E-state index in [2.05, 4.69) is 10.3 Å². The van der Waals surface area contributed by atoms with Crippen molar-refractivity contribution >= 4 is 29.4 Å². The van der Waals surface area contributed by atoms with Crippen molar-refractivity contribution in [1.29, 1.82) is 0 Å². The molecule has 2 unspecified atom stereocenters. The first-order chi connectivity index (χ1) is 19.9. The number of likely N-dealkylation sites (tertiary alicyclic amines) is 1. The van der Waals surface area contributed by atoms with Gasteiger partial charge in [-0.1, -0.05) is 29.7 Å². The molecule has 2 aromatic rings. The van der Waals surface area contributed by atoms with E-state index in [0.29, 0.717) is 50.6 Å². The Kier molecular flexibility index (Phi) is 8.41. The van der Waals surface area contributed by atoms with Crippen molar-refractivity contribution in [1.82, 2.24) is 24.8 Å². The number of benzene rings is 1. The molecule has 1 saturated carbocycles. The highest BCUT2D eigenvalue weighted by molar-refractivity contribution is 6.31. The van der Waals surface area contributed by atoms with E-state index in [4.69, 9.17) is 16.3 Å². The summed E-state index contributed by atoms with van der Waals surface area (Å²) in [6.45, 7) is 1.70. The third-order valence-corrected chi connectivity index (χ3v) is 9.32. The van der Waals surface area contributed by atoms with Crippen molar-refractivity contribution in [3.8, 4) is 5.75 Å². The molecular formula is C28H33ClF3N5O5. The van der Waals surface area contributed by atoms with Gasteiger partial charge in [0.15, 0.2) is 11.6 Å². The number of aliphatic carboxylic acids is 1. The molecule has 14 heteroatoms. The fourth-order valence-corrected chi connectivity index (χ4v) is 6.91. The third-order valence-electron chi connectivity index (χ3n) is 8.99. The molecule has 1 aromatic carbocycles. The van der Waals surface area contributed by atoms with Gasteiger partial charge in [-0.05, 0) is 44.2 Å². The number of halogens is 4. The van der Waals surface area contributed by atoms with Crippen LogP contribution in [-0.2, 0) is 34.5 Å². The molecule has 5 rings (SSSR count). The number of rotatable bonds is 8. The summed E-state index contributed by atoms with van der Waals surface area (Å²) < 4.78 is 49.7. The van der Waals surface area contributed by atoms with Crippen LogP contribution in [0.4, 0.5) is 13.2 Å². The Hall–Kier alpha value is -3.35. The molecule has 10 nitrogen and oxygen atoms in total. The van der Waals surface area contributed by atoms with Gasteiger partial charge in [-0.2, -0.15) is 0 Å². The number of carboxylic acid groups (broad SMARTS) is 1. The second-order valence-corrected chi connectivity index (χ2v) is 11.9. The molecule has 3 heterocycles. The number of aromatic nitrogens is 3. The van der Waals surface area contributed by atoms with Crippen LogP contribution in [0.5, 0.6) is 5.75 Å². The Labute approximate surface area is 245 Å². The van der Waals surface area contributed by atoms with E-state index in [9.17, 15) is 28.3 Å². The van der Waals surface area contributed by atoms with E-state index >= 15 is 4.39 Å². The molecule has 1 N–H and O–H groups in total. The lowest BCUT2D eigenvalue weighted by Gasteiger charge is -2.45. The summed E-state index contributed by atoms with van der Waals surface area (Å²) in [5, 5.41) is 17.6. The van der Waals surface area contributed by atoms with Crippen molar-refractivity contribution < 1.29 is 37.4 Å². The molecule has 1 aliphatic carbocycles. The highest BCUT2D eigenvalue weighted by Gasteiger charge is 2.50. The van der Waals surface area contributed by atoms with E-state index in [1.807, 2.05) is 0 Å². The van der Waals surface area contributed by atoms with Gasteiger partial charge in [-0.3, -0.25) is 14.4 Å². The summed E-state index contributed by atoms with van der Waals surface area (Å²) in [7, 11) is 1.31. The number of hydrogen-bond acceptors (Lipinski definition) is 6. The van der Waals surface area contributed by atoms with E-state index < -0.39 is 47.9 Å². The normalized spacial score (nSPS) is 24.3. The summed E-state index contributed by atoms with van der Waals surface area (Å²) in [6.07, 6.45) is 0.404. The Morgan fingerprint density at radius 1 is 1.24 bits per heavy atom. The summed E-state index contributed by atoms with van der Waals surface area (Å²) in [4.78, 5) is 42.4. The highest BCUT2D eigenvalue weighted by atomic mass is 35.5. The SMILES string of the molecule is Cn1nnc(COc2c(F)cc(Cl)c3c2[C@@H](CN2CCCC2=O)N(C(=O)C2CCCCC2(C)C(=O)O)CC3)c1C(F)F. The summed E-state index contributed by atoms with van der Waals surface area (Å²) >= 11 is 6.50. The average Bonchev–Trinajstić information content (AvgIpc) is 3.52. The lowest BCUT2D eigenvalue weighted by atomic mass is 9.66. The number of aryl methyl sites for hydroxylation is 1.